The molecule has 2 nitrogen and oxygen atoms in total. The molecule has 66 valence electrons. The first-order valence-electron chi connectivity index (χ1n) is 4.30. The molecule has 0 aliphatic carbocycles. The molecular weight excluding hydrogens is 160 g/mol. The first kappa shape index (κ1) is 8.05. The number of benzene rings is 1. The van der Waals surface area contributed by atoms with Crippen molar-refractivity contribution in [2.75, 3.05) is 0 Å². The highest BCUT2D eigenvalue weighted by atomic mass is 14.9. The minimum atomic E-state index is 0.837. The summed E-state index contributed by atoms with van der Waals surface area (Å²) in [6.45, 7) is 7.84. The van der Waals surface area contributed by atoms with Crippen LogP contribution in [0.3, 0.4) is 0 Å². The number of rotatable bonds is 1. The first-order chi connectivity index (χ1) is 6.20. The van der Waals surface area contributed by atoms with Gasteiger partial charge in [0.2, 0.25) is 0 Å². The van der Waals surface area contributed by atoms with Crippen LogP contribution in [0.1, 0.15) is 17.0 Å². The zero-order chi connectivity index (χ0) is 9.42. The van der Waals surface area contributed by atoms with Gasteiger partial charge in [-0.25, -0.2) is 4.98 Å². The van der Waals surface area contributed by atoms with Gasteiger partial charge < -0.3 is 4.98 Å². The van der Waals surface area contributed by atoms with Crippen LogP contribution in [-0.4, -0.2) is 9.97 Å². The monoisotopic (exact) mass is 172 g/mol. The van der Waals surface area contributed by atoms with Gasteiger partial charge in [0.15, 0.2) is 0 Å². The minimum Gasteiger partial charge on any atom is -0.338 e. The smallest absolute Gasteiger partial charge is 0.130 e. The van der Waals surface area contributed by atoms with E-state index in [1.54, 1.807) is 6.08 Å². The van der Waals surface area contributed by atoms with Gasteiger partial charge in [0.25, 0.3) is 0 Å². The van der Waals surface area contributed by atoms with Crippen LogP contribution in [0.25, 0.3) is 17.1 Å². The number of hydrogen-bond acceptors (Lipinski definition) is 1. The maximum Gasteiger partial charge on any atom is 0.130 e. The zero-order valence-corrected chi connectivity index (χ0v) is 7.89. The van der Waals surface area contributed by atoms with E-state index in [0.717, 1.165) is 16.9 Å². The molecule has 2 heteroatoms. The second-order valence-electron chi connectivity index (χ2n) is 3.30. The lowest BCUT2D eigenvalue weighted by Gasteiger charge is -1.96. The number of nitrogens with one attached hydrogen (secondary N) is 1. The maximum atomic E-state index is 4.40. The van der Waals surface area contributed by atoms with Crippen molar-refractivity contribution in [1.82, 2.24) is 9.97 Å². The van der Waals surface area contributed by atoms with Gasteiger partial charge in [-0.3, -0.25) is 0 Å². The Bertz CT molecular complexity index is 466. The zero-order valence-electron chi connectivity index (χ0n) is 7.89. The lowest BCUT2D eigenvalue weighted by Crippen LogP contribution is -1.79. The molecule has 0 fully saturated rings. The second-order valence-corrected chi connectivity index (χ2v) is 3.30. The topological polar surface area (TPSA) is 28.7 Å². The third kappa shape index (κ3) is 1.24. The lowest BCUT2D eigenvalue weighted by molar-refractivity contribution is 1.29. The Morgan fingerprint density at radius 2 is 2.15 bits per heavy atom. The molecule has 0 aliphatic rings. The number of fused-ring (bicyclic) bond motifs is 1. The molecule has 1 N–H and O–H groups in total. The second kappa shape index (κ2) is 2.73. The number of hydrogen-bond donors (Lipinski definition) is 1. The number of H-pyrrole nitrogens is 1. The summed E-state index contributed by atoms with van der Waals surface area (Å²) in [6, 6.07) is 4.23. The van der Waals surface area contributed by atoms with E-state index in [9.17, 15) is 0 Å². The molecule has 2 rings (SSSR count). The van der Waals surface area contributed by atoms with E-state index in [1.807, 2.05) is 0 Å². The predicted molar refractivity (Wildman–Crippen MR) is 55.7 cm³/mol. The summed E-state index contributed by atoms with van der Waals surface area (Å²) in [7, 11) is 0. The molecule has 0 spiro atoms. The van der Waals surface area contributed by atoms with Gasteiger partial charge in [-0.15, -0.1) is 0 Å². The Kier molecular flexibility index (Phi) is 1.69. The molecule has 0 bridgehead atoms. The van der Waals surface area contributed by atoms with Crippen molar-refractivity contribution in [2.24, 2.45) is 0 Å². The van der Waals surface area contributed by atoms with Crippen LogP contribution >= 0.6 is 0 Å². The summed E-state index contributed by atoms with van der Waals surface area (Å²) in [4.78, 5) is 7.60. The molecule has 0 aliphatic heterocycles. The standard InChI is InChI=1S/C11H12N2/c1-4-10-12-9-6-7(2)5-8(3)11(9)13-10/h4-6H,1H2,2-3H3,(H,12,13). The number of aromatic amines is 1. The van der Waals surface area contributed by atoms with Gasteiger partial charge >= 0.3 is 0 Å². The molecule has 1 aromatic heterocycles. The van der Waals surface area contributed by atoms with E-state index in [2.05, 4.69) is 42.5 Å². The average molecular weight is 172 g/mol. The van der Waals surface area contributed by atoms with E-state index < -0.39 is 0 Å². The van der Waals surface area contributed by atoms with Crippen molar-refractivity contribution in [2.45, 2.75) is 13.8 Å². The Hall–Kier alpha value is -1.57. The first-order valence-corrected chi connectivity index (χ1v) is 4.30. The molecule has 0 radical (unpaired) electrons. The summed E-state index contributed by atoms with van der Waals surface area (Å²) in [6.07, 6.45) is 1.73. The van der Waals surface area contributed by atoms with Crippen LogP contribution in [0.2, 0.25) is 0 Å². The van der Waals surface area contributed by atoms with E-state index in [-0.39, 0.29) is 0 Å². The van der Waals surface area contributed by atoms with Crippen LogP contribution in [0.15, 0.2) is 18.7 Å². The normalized spacial score (nSPS) is 10.6. The molecule has 0 saturated heterocycles. The largest absolute Gasteiger partial charge is 0.338 e. The summed E-state index contributed by atoms with van der Waals surface area (Å²) in [5, 5.41) is 0. The fraction of sp³-hybridized carbons (Fsp3) is 0.182. The van der Waals surface area contributed by atoms with Crippen LogP contribution in [-0.2, 0) is 0 Å². The highest BCUT2D eigenvalue weighted by Crippen LogP contribution is 2.18. The molecule has 0 unspecified atom stereocenters. The van der Waals surface area contributed by atoms with Crippen molar-refractivity contribution in [1.29, 1.82) is 0 Å². The molecule has 1 aromatic carbocycles. The van der Waals surface area contributed by atoms with Crippen molar-refractivity contribution in [3.63, 3.8) is 0 Å². The average Bonchev–Trinajstić information content (AvgIpc) is 2.47. The predicted octanol–water partition coefficient (Wildman–Crippen LogP) is 2.82. The lowest BCUT2D eigenvalue weighted by atomic mass is 10.1. The van der Waals surface area contributed by atoms with Crippen molar-refractivity contribution < 1.29 is 0 Å². The van der Waals surface area contributed by atoms with Crippen LogP contribution in [0.5, 0.6) is 0 Å². The van der Waals surface area contributed by atoms with Gasteiger partial charge in [0.1, 0.15) is 5.82 Å². The third-order valence-electron chi connectivity index (χ3n) is 2.13. The van der Waals surface area contributed by atoms with Gasteiger partial charge in [0, 0.05) is 0 Å². The van der Waals surface area contributed by atoms with Crippen LogP contribution in [0, 0.1) is 13.8 Å². The third-order valence-corrected chi connectivity index (χ3v) is 2.13. The summed E-state index contributed by atoms with van der Waals surface area (Å²) < 4.78 is 0. The molecule has 0 saturated carbocycles. The van der Waals surface area contributed by atoms with Crippen molar-refractivity contribution >= 4 is 17.1 Å². The van der Waals surface area contributed by atoms with E-state index in [4.69, 9.17) is 0 Å². The number of nitrogens with zero attached hydrogens (tertiary/aromatic N) is 1. The Balaban J connectivity index is 2.82. The van der Waals surface area contributed by atoms with E-state index >= 15 is 0 Å². The van der Waals surface area contributed by atoms with Crippen LogP contribution in [0.4, 0.5) is 0 Å². The van der Waals surface area contributed by atoms with Gasteiger partial charge in [-0.2, -0.15) is 0 Å². The number of imidazole rings is 1. The molecule has 0 atom stereocenters. The molecule has 13 heavy (non-hydrogen) atoms. The Morgan fingerprint density at radius 3 is 2.85 bits per heavy atom. The molecule has 2 aromatic rings. The quantitative estimate of drug-likeness (QED) is 0.704. The number of aromatic nitrogens is 2. The van der Waals surface area contributed by atoms with Gasteiger partial charge in [0.05, 0.1) is 11.0 Å². The molecular formula is C11H12N2. The highest BCUT2D eigenvalue weighted by Gasteiger charge is 2.03. The van der Waals surface area contributed by atoms with Gasteiger partial charge in [-0.05, 0) is 37.1 Å². The fourth-order valence-electron chi connectivity index (χ4n) is 1.59. The molecule has 1 heterocycles. The summed E-state index contributed by atoms with van der Waals surface area (Å²) >= 11 is 0. The summed E-state index contributed by atoms with van der Waals surface area (Å²) in [5.74, 6) is 0.837. The number of aryl methyl sites for hydroxylation is 2. The van der Waals surface area contributed by atoms with Crippen LogP contribution < -0.4 is 0 Å². The maximum absolute atomic E-state index is 4.40. The van der Waals surface area contributed by atoms with Crippen molar-refractivity contribution in [3.8, 4) is 0 Å². The van der Waals surface area contributed by atoms with E-state index in [1.165, 1.54) is 11.1 Å². The highest BCUT2D eigenvalue weighted by molar-refractivity contribution is 5.80. The SMILES string of the molecule is C=Cc1nc2c(C)cc(C)cc2[nH]1. The van der Waals surface area contributed by atoms with Gasteiger partial charge in [-0.1, -0.05) is 12.6 Å². The van der Waals surface area contributed by atoms with Crippen molar-refractivity contribution in [3.05, 3.63) is 35.7 Å². The van der Waals surface area contributed by atoms with E-state index in [0.29, 0.717) is 0 Å². The minimum absolute atomic E-state index is 0.837. The Labute approximate surface area is 77.3 Å². The summed E-state index contributed by atoms with van der Waals surface area (Å²) in [5.41, 5.74) is 4.59. The molecule has 0 amide bonds. The Morgan fingerprint density at radius 1 is 1.38 bits per heavy atom. The fourth-order valence-corrected chi connectivity index (χ4v) is 1.59.